The van der Waals surface area contributed by atoms with Crippen molar-refractivity contribution < 1.29 is 27.8 Å². The molecule has 0 saturated carbocycles. The monoisotopic (exact) mass is 669 g/mol. The van der Waals surface area contributed by atoms with E-state index < -0.39 is 27.4 Å². The molecule has 1 aliphatic heterocycles. The Morgan fingerprint density at radius 3 is 2.17 bits per heavy atom. The molecule has 10 heteroatoms. The van der Waals surface area contributed by atoms with E-state index in [1.165, 1.54) is 0 Å². The van der Waals surface area contributed by atoms with E-state index in [0.29, 0.717) is 36.4 Å². The fourth-order valence-corrected chi connectivity index (χ4v) is 6.99. The van der Waals surface area contributed by atoms with Crippen LogP contribution in [0, 0.1) is 0 Å². The summed E-state index contributed by atoms with van der Waals surface area (Å²) in [6.45, 7) is 3.07. The zero-order chi connectivity index (χ0) is 33.8. The highest BCUT2D eigenvalue weighted by atomic mass is 32.2. The summed E-state index contributed by atoms with van der Waals surface area (Å²) in [6, 6.07) is 33.1. The van der Waals surface area contributed by atoms with E-state index in [1.807, 2.05) is 54.6 Å². The van der Waals surface area contributed by atoms with Crippen molar-refractivity contribution in [3.63, 3.8) is 0 Å². The van der Waals surface area contributed by atoms with Gasteiger partial charge >= 0.3 is 0 Å². The number of carbonyl (C=O) groups is 1. The Bertz CT molecular complexity index is 1750. The number of hydrogen-bond acceptors (Lipinski definition) is 8. The van der Waals surface area contributed by atoms with Crippen LogP contribution in [0.3, 0.4) is 0 Å². The highest BCUT2D eigenvalue weighted by Gasteiger charge is 2.53. The van der Waals surface area contributed by atoms with Gasteiger partial charge in [-0.25, -0.2) is 18.8 Å². The Balaban J connectivity index is 1.53. The van der Waals surface area contributed by atoms with E-state index in [9.17, 15) is 13.2 Å². The standard InChI is InChI=1S/C38H43N3O6S/c1-2-3-10-25-39-41-37(43)38(24-28-48(44,45)34-14-8-5-9-15-34)35(31-18-16-30(17-19-31)29-12-6-4-7-13-29)47-36(40-38)32-20-22-33(23-21-32)46-27-11-26-42/h4-9,12-23,35,39,42H,2-3,10-11,24-28H2,1H3,(H,41,43)/t35-,38-/m0/s1. The molecule has 1 aliphatic rings. The molecule has 0 spiro atoms. The summed E-state index contributed by atoms with van der Waals surface area (Å²) in [6.07, 6.45) is 2.38. The van der Waals surface area contributed by atoms with Crippen molar-refractivity contribution in [1.29, 1.82) is 0 Å². The van der Waals surface area contributed by atoms with Gasteiger partial charge in [0.05, 0.1) is 17.3 Å². The minimum Gasteiger partial charge on any atom is -0.494 e. The second-order valence-electron chi connectivity index (χ2n) is 11.7. The number of hydrogen-bond donors (Lipinski definition) is 3. The zero-order valence-corrected chi connectivity index (χ0v) is 28.0. The molecular formula is C38H43N3O6S. The molecule has 0 radical (unpaired) electrons. The molecule has 252 valence electrons. The van der Waals surface area contributed by atoms with E-state index in [2.05, 4.69) is 17.8 Å². The lowest BCUT2D eigenvalue weighted by Crippen LogP contribution is -2.53. The predicted octanol–water partition coefficient (Wildman–Crippen LogP) is 6.05. The van der Waals surface area contributed by atoms with E-state index in [4.69, 9.17) is 19.6 Å². The van der Waals surface area contributed by atoms with Gasteiger partial charge in [0.25, 0.3) is 5.91 Å². The van der Waals surface area contributed by atoms with Gasteiger partial charge in [0, 0.05) is 31.6 Å². The van der Waals surface area contributed by atoms with Crippen molar-refractivity contribution in [2.45, 2.75) is 55.6 Å². The number of hydrazine groups is 1. The molecule has 0 fully saturated rings. The summed E-state index contributed by atoms with van der Waals surface area (Å²) in [4.78, 5) is 19.4. The second kappa shape index (κ2) is 16.5. The van der Waals surface area contributed by atoms with Gasteiger partial charge < -0.3 is 14.6 Å². The number of unbranched alkanes of at least 4 members (excludes halogenated alkanes) is 2. The molecule has 0 bridgehead atoms. The zero-order valence-electron chi connectivity index (χ0n) is 27.2. The lowest BCUT2D eigenvalue weighted by Gasteiger charge is -2.30. The van der Waals surface area contributed by atoms with Crippen LogP contribution < -0.4 is 15.6 Å². The molecule has 9 nitrogen and oxygen atoms in total. The SMILES string of the molecule is CCCCCNNC(=O)[C@@]1(CCS(=O)(=O)c2ccccc2)N=C(c2ccc(OCCCO)cc2)O[C@H]1c1ccc(-c2ccccc2)cc1. The van der Waals surface area contributed by atoms with Crippen LogP contribution in [0.5, 0.6) is 5.75 Å². The first-order valence-electron chi connectivity index (χ1n) is 16.4. The predicted molar refractivity (Wildman–Crippen MR) is 187 cm³/mol. The van der Waals surface area contributed by atoms with Gasteiger partial charge in [-0.1, -0.05) is 92.6 Å². The van der Waals surface area contributed by atoms with Gasteiger partial charge in [-0.15, -0.1) is 0 Å². The van der Waals surface area contributed by atoms with Gasteiger partial charge in [-0.3, -0.25) is 10.2 Å². The van der Waals surface area contributed by atoms with Crippen molar-refractivity contribution in [3.8, 4) is 16.9 Å². The molecule has 0 unspecified atom stereocenters. The molecule has 5 rings (SSSR count). The van der Waals surface area contributed by atoms with E-state index in [0.717, 1.165) is 30.4 Å². The van der Waals surface area contributed by atoms with Crippen molar-refractivity contribution in [1.82, 2.24) is 10.9 Å². The Kier molecular flexibility index (Phi) is 12.0. The fraction of sp³-hybridized carbons (Fsp3) is 0.316. The number of carbonyl (C=O) groups excluding carboxylic acids is 1. The third kappa shape index (κ3) is 8.49. The number of rotatable bonds is 17. The first kappa shape index (κ1) is 34.8. The van der Waals surface area contributed by atoms with Gasteiger partial charge in [0.1, 0.15) is 5.75 Å². The number of ether oxygens (including phenoxy) is 2. The van der Waals surface area contributed by atoms with Crippen molar-refractivity contribution in [2.75, 3.05) is 25.5 Å². The topological polar surface area (TPSA) is 126 Å². The van der Waals surface area contributed by atoms with Crippen molar-refractivity contribution >= 4 is 21.6 Å². The van der Waals surface area contributed by atoms with Gasteiger partial charge in [-0.05, 0) is 59.5 Å². The Morgan fingerprint density at radius 2 is 1.50 bits per heavy atom. The molecule has 1 amide bonds. The fourth-order valence-electron chi connectivity index (χ4n) is 5.60. The summed E-state index contributed by atoms with van der Waals surface area (Å²) in [5.41, 5.74) is 7.60. The molecule has 1 heterocycles. The van der Waals surface area contributed by atoms with Crippen LogP contribution >= 0.6 is 0 Å². The van der Waals surface area contributed by atoms with Crippen LogP contribution in [-0.2, 0) is 19.4 Å². The minimum atomic E-state index is -3.76. The van der Waals surface area contributed by atoms with E-state index in [-0.39, 0.29) is 29.6 Å². The molecule has 4 aromatic rings. The van der Waals surface area contributed by atoms with Gasteiger partial charge in [-0.2, -0.15) is 0 Å². The van der Waals surface area contributed by atoms with Gasteiger partial charge in [0.15, 0.2) is 21.5 Å². The van der Waals surface area contributed by atoms with Crippen molar-refractivity contribution in [3.05, 3.63) is 120 Å². The summed E-state index contributed by atoms with van der Waals surface area (Å²) in [5, 5.41) is 9.08. The van der Waals surface area contributed by atoms with Gasteiger partial charge in [0.2, 0.25) is 5.90 Å². The van der Waals surface area contributed by atoms with E-state index >= 15 is 0 Å². The van der Waals surface area contributed by atoms with Crippen LogP contribution in [0.1, 0.15) is 56.3 Å². The Morgan fingerprint density at radius 1 is 0.854 bits per heavy atom. The minimum absolute atomic E-state index is 0.0358. The Labute approximate surface area is 282 Å². The third-order valence-corrected chi connectivity index (χ3v) is 10.0. The lowest BCUT2D eigenvalue weighted by molar-refractivity contribution is -0.130. The molecule has 4 aromatic carbocycles. The summed E-state index contributed by atoms with van der Waals surface area (Å²) >= 11 is 0. The molecule has 0 aromatic heterocycles. The quantitative estimate of drug-likeness (QED) is 0.0924. The van der Waals surface area contributed by atoms with Crippen LogP contribution in [-0.4, -0.2) is 56.4 Å². The number of sulfone groups is 1. The molecule has 0 aliphatic carbocycles. The van der Waals surface area contributed by atoms with Crippen LogP contribution in [0.15, 0.2) is 119 Å². The maximum absolute atomic E-state index is 14.3. The second-order valence-corrected chi connectivity index (χ2v) is 13.9. The lowest BCUT2D eigenvalue weighted by atomic mass is 9.84. The number of aliphatic hydroxyl groups is 1. The molecule has 2 atom stereocenters. The smallest absolute Gasteiger partial charge is 0.266 e. The highest BCUT2D eigenvalue weighted by molar-refractivity contribution is 7.91. The molecule has 48 heavy (non-hydrogen) atoms. The number of nitrogens with one attached hydrogen (secondary N) is 2. The van der Waals surface area contributed by atoms with E-state index in [1.54, 1.807) is 54.6 Å². The Hall–Kier alpha value is -4.51. The largest absolute Gasteiger partial charge is 0.494 e. The number of aliphatic imine (C=N–C) groups is 1. The first-order valence-corrected chi connectivity index (χ1v) is 18.1. The summed E-state index contributed by atoms with van der Waals surface area (Å²) < 4.78 is 39.4. The van der Waals surface area contributed by atoms with Crippen LogP contribution in [0.25, 0.3) is 11.1 Å². The number of nitrogens with zero attached hydrogens (tertiary/aromatic N) is 1. The normalized spacial score (nSPS) is 17.4. The maximum Gasteiger partial charge on any atom is 0.266 e. The molecule has 3 N–H and O–H groups in total. The highest BCUT2D eigenvalue weighted by Crippen LogP contribution is 2.43. The van der Waals surface area contributed by atoms with Crippen molar-refractivity contribution in [2.24, 2.45) is 4.99 Å². The first-order chi connectivity index (χ1) is 23.4. The average molecular weight is 670 g/mol. The van der Waals surface area contributed by atoms with Crippen LogP contribution in [0.4, 0.5) is 0 Å². The third-order valence-electron chi connectivity index (χ3n) is 8.31. The average Bonchev–Trinajstić information content (AvgIpc) is 3.53. The van der Waals surface area contributed by atoms with Crippen LogP contribution in [0.2, 0.25) is 0 Å². The number of amides is 1. The summed E-state index contributed by atoms with van der Waals surface area (Å²) in [7, 11) is -3.76. The number of benzene rings is 4. The number of aliphatic hydroxyl groups excluding tert-OH is 1. The molecular weight excluding hydrogens is 627 g/mol. The summed E-state index contributed by atoms with van der Waals surface area (Å²) in [5.74, 6) is 0.0510. The maximum atomic E-state index is 14.3. The molecule has 0 saturated heterocycles.